The number of hydrogen-bond acceptors (Lipinski definition) is 3. The predicted molar refractivity (Wildman–Crippen MR) is 55.6 cm³/mol. The molecule has 5 nitrogen and oxygen atoms in total. The van der Waals surface area contributed by atoms with E-state index in [1.807, 2.05) is 6.92 Å². The number of aromatic nitrogens is 3. The molecule has 0 saturated carbocycles. The molecule has 0 unspecified atom stereocenters. The molecule has 0 aliphatic carbocycles. The van der Waals surface area contributed by atoms with Crippen molar-refractivity contribution in [3.8, 4) is 0 Å². The van der Waals surface area contributed by atoms with E-state index in [2.05, 4.69) is 15.4 Å². The maximum Gasteiger partial charge on any atom is 0.270 e. The van der Waals surface area contributed by atoms with Crippen LogP contribution >= 0.6 is 0 Å². The van der Waals surface area contributed by atoms with E-state index in [9.17, 15) is 4.79 Å². The lowest BCUT2D eigenvalue weighted by molar-refractivity contribution is 0.0946. The van der Waals surface area contributed by atoms with Crippen LogP contribution in [0.15, 0.2) is 24.5 Å². The van der Waals surface area contributed by atoms with Gasteiger partial charge in [-0.2, -0.15) is 5.10 Å². The highest BCUT2D eigenvalue weighted by atomic mass is 16.1. The fourth-order valence-corrected chi connectivity index (χ4v) is 1.34. The van der Waals surface area contributed by atoms with Crippen molar-refractivity contribution in [1.82, 2.24) is 19.9 Å². The van der Waals surface area contributed by atoms with Crippen LogP contribution in [0.4, 0.5) is 0 Å². The highest BCUT2D eigenvalue weighted by Crippen LogP contribution is 2.02. The summed E-state index contributed by atoms with van der Waals surface area (Å²) in [4.78, 5) is 15.8. The summed E-state index contributed by atoms with van der Waals surface area (Å²) < 4.78 is 1.53. The quantitative estimate of drug-likeness (QED) is 0.807. The Balaban J connectivity index is 2.34. The van der Waals surface area contributed by atoms with Crippen LogP contribution in [0.2, 0.25) is 0 Å². The average molecular weight is 204 g/mol. The van der Waals surface area contributed by atoms with Gasteiger partial charge in [-0.1, -0.05) is 6.92 Å². The van der Waals surface area contributed by atoms with Crippen LogP contribution in [0.3, 0.4) is 0 Å². The lowest BCUT2D eigenvalue weighted by atomic mass is 10.3. The predicted octanol–water partition coefficient (Wildman–Crippen LogP) is 0.869. The number of fused-ring (bicyclic) bond motifs is 1. The second-order valence-electron chi connectivity index (χ2n) is 3.19. The van der Waals surface area contributed by atoms with E-state index < -0.39 is 0 Å². The van der Waals surface area contributed by atoms with E-state index in [1.54, 1.807) is 24.5 Å². The molecular formula is C10H12N4O. The van der Waals surface area contributed by atoms with Crippen molar-refractivity contribution < 1.29 is 4.79 Å². The van der Waals surface area contributed by atoms with Gasteiger partial charge in [0.05, 0.1) is 6.20 Å². The van der Waals surface area contributed by atoms with Crippen LogP contribution in [0.1, 0.15) is 23.8 Å². The SMILES string of the molecule is CCCNC(=O)c1ccnc2ccnn12. The summed E-state index contributed by atoms with van der Waals surface area (Å²) in [5.41, 5.74) is 1.19. The molecule has 0 aliphatic heterocycles. The van der Waals surface area contributed by atoms with Crippen LogP contribution in [0.5, 0.6) is 0 Å². The molecule has 78 valence electrons. The van der Waals surface area contributed by atoms with Crippen molar-refractivity contribution in [3.05, 3.63) is 30.2 Å². The van der Waals surface area contributed by atoms with Gasteiger partial charge in [0, 0.05) is 18.8 Å². The first-order valence-electron chi connectivity index (χ1n) is 4.90. The molecule has 0 bridgehead atoms. The maximum atomic E-state index is 11.7. The molecule has 0 aliphatic rings. The molecule has 2 rings (SSSR count). The highest BCUT2D eigenvalue weighted by Gasteiger charge is 2.09. The zero-order valence-corrected chi connectivity index (χ0v) is 8.47. The first-order chi connectivity index (χ1) is 7.33. The number of nitrogens with zero attached hydrogens (tertiary/aromatic N) is 3. The van der Waals surface area contributed by atoms with Gasteiger partial charge in [0.1, 0.15) is 5.69 Å². The third-order valence-electron chi connectivity index (χ3n) is 2.06. The Kier molecular flexibility index (Phi) is 2.62. The number of hydrogen-bond donors (Lipinski definition) is 1. The fraction of sp³-hybridized carbons (Fsp3) is 0.300. The molecule has 0 spiro atoms. The van der Waals surface area contributed by atoms with Crippen molar-refractivity contribution in [2.75, 3.05) is 6.54 Å². The van der Waals surface area contributed by atoms with Crippen LogP contribution in [0, 0.1) is 0 Å². The van der Waals surface area contributed by atoms with Crippen molar-refractivity contribution in [2.24, 2.45) is 0 Å². The molecule has 0 aromatic carbocycles. The summed E-state index contributed by atoms with van der Waals surface area (Å²) in [5.74, 6) is -0.118. The molecule has 2 aromatic heterocycles. The highest BCUT2D eigenvalue weighted by molar-refractivity contribution is 5.92. The molecule has 0 radical (unpaired) electrons. The first kappa shape index (κ1) is 9.64. The second-order valence-corrected chi connectivity index (χ2v) is 3.19. The van der Waals surface area contributed by atoms with E-state index in [-0.39, 0.29) is 5.91 Å². The van der Waals surface area contributed by atoms with Gasteiger partial charge in [0.15, 0.2) is 5.65 Å². The van der Waals surface area contributed by atoms with Crippen molar-refractivity contribution in [2.45, 2.75) is 13.3 Å². The number of nitrogens with one attached hydrogen (secondary N) is 1. The first-order valence-corrected chi connectivity index (χ1v) is 4.90. The molecule has 0 saturated heterocycles. The average Bonchev–Trinajstić information content (AvgIpc) is 2.73. The third kappa shape index (κ3) is 1.81. The molecule has 0 fully saturated rings. The Morgan fingerprint density at radius 1 is 1.47 bits per heavy atom. The summed E-state index contributed by atoms with van der Waals surface area (Å²) in [6.45, 7) is 2.68. The topological polar surface area (TPSA) is 59.3 Å². The minimum atomic E-state index is -0.118. The molecule has 2 aromatic rings. The monoisotopic (exact) mass is 204 g/mol. The minimum absolute atomic E-state index is 0.118. The van der Waals surface area contributed by atoms with Gasteiger partial charge in [0.25, 0.3) is 5.91 Å². The van der Waals surface area contributed by atoms with Gasteiger partial charge in [-0.25, -0.2) is 9.50 Å². The summed E-state index contributed by atoms with van der Waals surface area (Å²) >= 11 is 0. The standard InChI is InChI=1S/C10H12N4O/c1-2-5-12-10(15)8-3-6-11-9-4-7-13-14(8)9/h3-4,6-7H,2,5H2,1H3,(H,12,15). The molecule has 0 atom stereocenters. The molecule has 1 amide bonds. The van der Waals surface area contributed by atoms with Gasteiger partial charge in [-0.05, 0) is 12.5 Å². The number of amides is 1. The van der Waals surface area contributed by atoms with Crippen LogP contribution in [0.25, 0.3) is 5.65 Å². The van der Waals surface area contributed by atoms with Crippen LogP contribution in [-0.2, 0) is 0 Å². The third-order valence-corrected chi connectivity index (χ3v) is 2.06. The Hall–Kier alpha value is -1.91. The van der Waals surface area contributed by atoms with Crippen molar-refractivity contribution in [3.63, 3.8) is 0 Å². The zero-order chi connectivity index (χ0) is 10.7. The van der Waals surface area contributed by atoms with Gasteiger partial charge >= 0.3 is 0 Å². The Morgan fingerprint density at radius 2 is 2.33 bits per heavy atom. The van der Waals surface area contributed by atoms with Crippen LogP contribution < -0.4 is 5.32 Å². The number of carbonyl (C=O) groups is 1. The molecular weight excluding hydrogens is 192 g/mol. The van der Waals surface area contributed by atoms with Crippen molar-refractivity contribution in [1.29, 1.82) is 0 Å². The Bertz CT molecular complexity index is 477. The van der Waals surface area contributed by atoms with Gasteiger partial charge in [-0.3, -0.25) is 4.79 Å². The molecule has 15 heavy (non-hydrogen) atoms. The van der Waals surface area contributed by atoms with E-state index >= 15 is 0 Å². The minimum Gasteiger partial charge on any atom is -0.351 e. The van der Waals surface area contributed by atoms with Gasteiger partial charge in [0.2, 0.25) is 0 Å². The molecule has 1 N–H and O–H groups in total. The van der Waals surface area contributed by atoms with Gasteiger partial charge in [-0.15, -0.1) is 0 Å². The Labute approximate surface area is 87.1 Å². The second kappa shape index (κ2) is 4.08. The van der Waals surface area contributed by atoms with Gasteiger partial charge < -0.3 is 5.32 Å². The summed E-state index contributed by atoms with van der Waals surface area (Å²) in [6, 6.07) is 3.42. The van der Waals surface area contributed by atoms with E-state index in [1.165, 1.54) is 4.52 Å². The molecule has 5 heteroatoms. The van der Waals surface area contributed by atoms with E-state index in [0.717, 1.165) is 6.42 Å². The lowest BCUT2D eigenvalue weighted by Crippen LogP contribution is -2.26. The van der Waals surface area contributed by atoms with Crippen molar-refractivity contribution >= 4 is 11.6 Å². The summed E-state index contributed by atoms with van der Waals surface area (Å²) in [5, 5.41) is 6.84. The summed E-state index contributed by atoms with van der Waals surface area (Å²) in [7, 11) is 0. The number of carbonyl (C=O) groups excluding carboxylic acids is 1. The largest absolute Gasteiger partial charge is 0.351 e. The number of rotatable bonds is 3. The zero-order valence-electron chi connectivity index (χ0n) is 8.47. The van der Waals surface area contributed by atoms with Crippen LogP contribution in [-0.4, -0.2) is 27.0 Å². The van der Waals surface area contributed by atoms with E-state index in [4.69, 9.17) is 0 Å². The summed E-state index contributed by atoms with van der Waals surface area (Å²) in [6.07, 6.45) is 4.15. The smallest absolute Gasteiger partial charge is 0.270 e. The fourth-order valence-electron chi connectivity index (χ4n) is 1.34. The Morgan fingerprint density at radius 3 is 3.13 bits per heavy atom. The van der Waals surface area contributed by atoms with E-state index in [0.29, 0.717) is 17.9 Å². The normalized spacial score (nSPS) is 10.5. The maximum absolute atomic E-state index is 11.7. The lowest BCUT2D eigenvalue weighted by Gasteiger charge is -2.04. The molecule has 2 heterocycles.